The number of rotatable bonds is 1. The first kappa shape index (κ1) is 9.98. The van der Waals surface area contributed by atoms with Crippen LogP contribution in [-0.2, 0) is 19.2 Å². The zero-order valence-electron chi connectivity index (χ0n) is 7.73. The van der Waals surface area contributed by atoms with Gasteiger partial charge in [0.25, 0.3) is 0 Å². The standard InChI is InChI=1S/C8H11NO3S/c1-6-5-13(3,11)9-4-7(6)8(10)12-2/h4-5H,1-3H3. The Hall–Kier alpha value is -1.10. The molecular weight excluding hydrogens is 190 g/mol. The van der Waals surface area contributed by atoms with Crippen molar-refractivity contribution in [1.29, 1.82) is 0 Å². The first-order valence-corrected chi connectivity index (χ1v) is 5.63. The predicted molar refractivity (Wildman–Crippen MR) is 53.3 cm³/mol. The molecule has 1 rings (SSSR count). The summed E-state index contributed by atoms with van der Waals surface area (Å²) in [5.74, 6) is -0.451. The van der Waals surface area contributed by atoms with Crippen molar-refractivity contribution in [2.75, 3.05) is 13.4 Å². The first-order chi connectivity index (χ1) is 5.96. The fourth-order valence-electron chi connectivity index (χ4n) is 1.00. The summed E-state index contributed by atoms with van der Waals surface area (Å²) in [5.41, 5.74) is 1.01. The zero-order valence-corrected chi connectivity index (χ0v) is 8.55. The summed E-state index contributed by atoms with van der Waals surface area (Å²) < 4.78 is 19.7. The molecule has 1 atom stereocenters. The van der Waals surface area contributed by atoms with Gasteiger partial charge in [0.1, 0.15) is 0 Å². The number of allylic oxidation sites excluding steroid dienone is 1. The third kappa shape index (κ3) is 2.18. The van der Waals surface area contributed by atoms with Crippen molar-refractivity contribution in [3.05, 3.63) is 11.1 Å². The van der Waals surface area contributed by atoms with E-state index >= 15 is 0 Å². The van der Waals surface area contributed by atoms with Crippen LogP contribution in [0.5, 0.6) is 0 Å². The molecule has 13 heavy (non-hydrogen) atoms. The maximum atomic E-state index is 11.4. The third-order valence-electron chi connectivity index (χ3n) is 1.62. The van der Waals surface area contributed by atoms with Crippen LogP contribution in [0.2, 0.25) is 0 Å². The summed E-state index contributed by atoms with van der Waals surface area (Å²) in [6.07, 6.45) is 2.82. The van der Waals surface area contributed by atoms with Gasteiger partial charge in [0, 0.05) is 11.6 Å². The summed E-state index contributed by atoms with van der Waals surface area (Å²) in [4.78, 5) is 11.1. The van der Waals surface area contributed by atoms with E-state index < -0.39 is 15.7 Å². The van der Waals surface area contributed by atoms with Gasteiger partial charge in [-0.15, -0.1) is 0 Å². The molecule has 0 saturated heterocycles. The molecule has 1 heterocycles. The topological polar surface area (TPSA) is 55.7 Å². The molecule has 0 aromatic rings. The van der Waals surface area contributed by atoms with E-state index in [0.717, 1.165) is 0 Å². The summed E-state index contributed by atoms with van der Waals surface area (Å²) in [6, 6.07) is 0. The van der Waals surface area contributed by atoms with Crippen molar-refractivity contribution >= 4 is 27.3 Å². The van der Waals surface area contributed by atoms with Gasteiger partial charge in [0.2, 0.25) is 0 Å². The van der Waals surface area contributed by atoms with Crippen LogP contribution < -0.4 is 0 Å². The lowest BCUT2D eigenvalue weighted by Crippen LogP contribution is -2.15. The SMILES string of the molecule is COC(=O)C1=C(C)C=S(C)(=O)N=C1. The van der Waals surface area contributed by atoms with Crippen LogP contribution in [0, 0.1) is 0 Å². The maximum Gasteiger partial charge on any atom is 0.339 e. The highest BCUT2D eigenvalue weighted by atomic mass is 32.2. The Bertz CT molecular complexity index is 411. The van der Waals surface area contributed by atoms with Gasteiger partial charge in [-0.25, -0.2) is 13.4 Å². The van der Waals surface area contributed by atoms with Crippen LogP contribution in [-0.4, -0.2) is 35.1 Å². The number of carbonyl (C=O) groups excluding carboxylic acids is 1. The minimum Gasteiger partial charge on any atom is -0.465 e. The van der Waals surface area contributed by atoms with Crippen molar-refractivity contribution in [2.24, 2.45) is 4.40 Å². The van der Waals surface area contributed by atoms with E-state index in [2.05, 4.69) is 9.13 Å². The van der Waals surface area contributed by atoms with E-state index in [9.17, 15) is 9.00 Å². The second-order valence-electron chi connectivity index (χ2n) is 2.80. The van der Waals surface area contributed by atoms with Gasteiger partial charge in [0.05, 0.1) is 28.6 Å². The molecule has 72 valence electrons. The molecular formula is C8H11NO3S. The minimum atomic E-state index is -2.28. The van der Waals surface area contributed by atoms with E-state index in [-0.39, 0.29) is 0 Å². The van der Waals surface area contributed by atoms with Gasteiger partial charge in [-0.2, -0.15) is 0 Å². The average molecular weight is 201 g/mol. The van der Waals surface area contributed by atoms with Crippen molar-refractivity contribution in [3.63, 3.8) is 0 Å². The van der Waals surface area contributed by atoms with E-state index in [1.807, 2.05) is 0 Å². The number of hydrogen-bond donors (Lipinski definition) is 0. The smallest absolute Gasteiger partial charge is 0.339 e. The van der Waals surface area contributed by atoms with Crippen molar-refractivity contribution in [1.82, 2.24) is 0 Å². The second-order valence-corrected chi connectivity index (χ2v) is 4.97. The number of nitrogens with zero attached hydrogens (tertiary/aromatic N) is 1. The molecule has 0 aromatic heterocycles. The number of esters is 1. The number of carbonyl (C=O) groups is 1. The molecule has 0 radical (unpaired) electrons. The van der Waals surface area contributed by atoms with Gasteiger partial charge >= 0.3 is 5.97 Å². The molecule has 0 N–H and O–H groups in total. The minimum absolute atomic E-state index is 0.364. The highest BCUT2D eigenvalue weighted by Crippen LogP contribution is 2.09. The lowest BCUT2D eigenvalue weighted by molar-refractivity contribution is -0.135. The summed E-state index contributed by atoms with van der Waals surface area (Å²) in [7, 11) is -0.978. The highest BCUT2D eigenvalue weighted by molar-refractivity contribution is 7.99. The summed E-state index contributed by atoms with van der Waals surface area (Å²) >= 11 is 0. The van der Waals surface area contributed by atoms with E-state index in [0.29, 0.717) is 11.1 Å². The fraction of sp³-hybridized carbons (Fsp3) is 0.375. The Morgan fingerprint density at radius 1 is 1.62 bits per heavy atom. The fourth-order valence-corrected chi connectivity index (χ4v) is 2.16. The summed E-state index contributed by atoms with van der Waals surface area (Å²) in [6.45, 7) is 1.71. The van der Waals surface area contributed by atoms with Crippen LogP contribution >= 0.6 is 0 Å². The molecule has 4 nitrogen and oxygen atoms in total. The third-order valence-corrected chi connectivity index (χ3v) is 2.93. The van der Waals surface area contributed by atoms with Crippen LogP contribution in [0.3, 0.4) is 0 Å². The summed E-state index contributed by atoms with van der Waals surface area (Å²) in [5, 5.41) is 1.49. The molecule has 0 amide bonds. The maximum absolute atomic E-state index is 11.4. The van der Waals surface area contributed by atoms with Crippen molar-refractivity contribution < 1.29 is 13.7 Å². The molecule has 0 aliphatic carbocycles. The quantitative estimate of drug-likeness (QED) is 0.449. The van der Waals surface area contributed by atoms with Gasteiger partial charge in [-0.1, -0.05) is 0 Å². The normalized spacial score (nSPS) is 27.0. The molecule has 0 spiro atoms. The van der Waals surface area contributed by atoms with Gasteiger partial charge < -0.3 is 4.74 Å². The van der Waals surface area contributed by atoms with Crippen LogP contribution in [0.15, 0.2) is 15.5 Å². The van der Waals surface area contributed by atoms with Crippen LogP contribution in [0.4, 0.5) is 0 Å². The van der Waals surface area contributed by atoms with Crippen molar-refractivity contribution in [3.8, 4) is 0 Å². The van der Waals surface area contributed by atoms with Gasteiger partial charge in [-0.05, 0) is 12.5 Å². The lowest BCUT2D eigenvalue weighted by atomic mass is 10.2. The van der Waals surface area contributed by atoms with Crippen molar-refractivity contribution in [2.45, 2.75) is 6.92 Å². The lowest BCUT2D eigenvalue weighted by Gasteiger charge is -2.08. The predicted octanol–water partition coefficient (Wildman–Crippen LogP) is 0.192. The van der Waals surface area contributed by atoms with Gasteiger partial charge in [0.15, 0.2) is 0 Å². The molecule has 1 aliphatic rings. The van der Waals surface area contributed by atoms with E-state index in [4.69, 9.17) is 0 Å². The number of hydrogen-bond acceptors (Lipinski definition) is 3. The van der Waals surface area contributed by atoms with Gasteiger partial charge in [-0.3, -0.25) is 0 Å². The molecule has 0 saturated carbocycles. The first-order valence-electron chi connectivity index (χ1n) is 3.65. The average Bonchev–Trinajstić information content (AvgIpc) is 2.01. The Balaban J connectivity index is 3.20. The highest BCUT2D eigenvalue weighted by Gasteiger charge is 2.14. The second kappa shape index (κ2) is 3.33. The van der Waals surface area contributed by atoms with E-state index in [1.54, 1.807) is 6.92 Å². The molecule has 0 aromatic carbocycles. The van der Waals surface area contributed by atoms with Crippen LogP contribution in [0.1, 0.15) is 6.92 Å². The molecule has 5 heteroatoms. The molecule has 1 aliphatic heterocycles. The number of methoxy groups -OCH3 is 1. The molecule has 1 unspecified atom stereocenters. The van der Waals surface area contributed by atoms with E-state index in [1.165, 1.54) is 24.9 Å². The Morgan fingerprint density at radius 2 is 2.23 bits per heavy atom. The monoisotopic (exact) mass is 201 g/mol. The number of ether oxygens (including phenoxy) is 1. The van der Waals surface area contributed by atoms with Crippen LogP contribution in [0.25, 0.3) is 0 Å². The Morgan fingerprint density at radius 3 is 2.69 bits per heavy atom. The molecule has 0 bridgehead atoms. The molecule has 0 fully saturated rings. The zero-order chi connectivity index (χ0) is 10.1. The largest absolute Gasteiger partial charge is 0.465 e. The Labute approximate surface area is 77.5 Å². The Kier molecular flexibility index (Phi) is 2.56.